The summed E-state index contributed by atoms with van der Waals surface area (Å²) in [5.74, 6) is -1.17. The standard InChI is InChI=1S/C16H24N2O3/c1-11-8-12(2)10-14(9-11)18(4)16(21)17-7-5-6-13(3)15(19)20/h8-10,13H,5-7H2,1-4H3,(H,17,21)(H,19,20). The number of rotatable bonds is 6. The van der Waals surface area contributed by atoms with Crippen LogP contribution in [-0.2, 0) is 4.79 Å². The molecular formula is C16H24N2O3. The van der Waals surface area contributed by atoms with Gasteiger partial charge in [-0.05, 0) is 49.9 Å². The zero-order chi connectivity index (χ0) is 16.0. The lowest BCUT2D eigenvalue weighted by Crippen LogP contribution is -2.38. The zero-order valence-corrected chi connectivity index (χ0v) is 13.1. The quantitative estimate of drug-likeness (QED) is 0.792. The number of aliphatic carboxylic acids is 1. The Bertz CT molecular complexity index is 494. The molecule has 1 aromatic rings. The number of carboxylic acid groups (broad SMARTS) is 1. The molecule has 0 saturated carbocycles. The third kappa shape index (κ3) is 5.45. The second-order valence-corrected chi connectivity index (χ2v) is 5.52. The first-order valence-electron chi connectivity index (χ1n) is 7.14. The van der Waals surface area contributed by atoms with E-state index in [2.05, 4.69) is 11.4 Å². The van der Waals surface area contributed by atoms with Crippen molar-refractivity contribution in [3.63, 3.8) is 0 Å². The normalized spacial score (nSPS) is 11.8. The van der Waals surface area contributed by atoms with E-state index in [4.69, 9.17) is 5.11 Å². The van der Waals surface area contributed by atoms with Crippen molar-refractivity contribution in [2.45, 2.75) is 33.6 Å². The Morgan fingerprint density at radius 3 is 2.33 bits per heavy atom. The number of carboxylic acids is 1. The van der Waals surface area contributed by atoms with Gasteiger partial charge < -0.3 is 10.4 Å². The summed E-state index contributed by atoms with van der Waals surface area (Å²) in [5.41, 5.74) is 3.07. The number of aryl methyl sites for hydroxylation is 2. The van der Waals surface area contributed by atoms with E-state index in [-0.39, 0.29) is 11.9 Å². The molecule has 0 bridgehead atoms. The minimum atomic E-state index is -0.798. The molecule has 1 rings (SSSR count). The van der Waals surface area contributed by atoms with E-state index in [1.807, 2.05) is 26.0 Å². The van der Waals surface area contributed by atoms with Gasteiger partial charge in [0.15, 0.2) is 0 Å². The first-order valence-corrected chi connectivity index (χ1v) is 7.14. The van der Waals surface area contributed by atoms with Crippen LogP contribution in [0.25, 0.3) is 0 Å². The van der Waals surface area contributed by atoms with E-state index < -0.39 is 5.97 Å². The summed E-state index contributed by atoms with van der Waals surface area (Å²) in [5, 5.41) is 11.6. The van der Waals surface area contributed by atoms with Crippen molar-refractivity contribution in [3.8, 4) is 0 Å². The molecule has 0 aromatic heterocycles. The van der Waals surface area contributed by atoms with Crippen LogP contribution < -0.4 is 10.2 Å². The Balaban J connectivity index is 2.46. The Morgan fingerprint density at radius 1 is 1.24 bits per heavy atom. The number of carbonyl (C=O) groups excluding carboxylic acids is 1. The van der Waals surface area contributed by atoms with Gasteiger partial charge in [0.1, 0.15) is 0 Å². The molecule has 0 radical (unpaired) electrons. The number of anilines is 1. The number of benzene rings is 1. The zero-order valence-electron chi connectivity index (χ0n) is 13.1. The van der Waals surface area contributed by atoms with Crippen molar-refractivity contribution in [3.05, 3.63) is 29.3 Å². The maximum atomic E-state index is 12.0. The maximum Gasteiger partial charge on any atom is 0.321 e. The van der Waals surface area contributed by atoms with Crippen molar-refractivity contribution < 1.29 is 14.7 Å². The molecule has 0 spiro atoms. The second kappa shape index (κ2) is 7.67. The highest BCUT2D eigenvalue weighted by molar-refractivity contribution is 5.91. The van der Waals surface area contributed by atoms with Crippen LogP contribution in [-0.4, -0.2) is 30.7 Å². The average molecular weight is 292 g/mol. The fraction of sp³-hybridized carbons (Fsp3) is 0.500. The van der Waals surface area contributed by atoms with Crippen LogP contribution in [0.15, 0.2) is 18.2 Å². The van der Waals surface area contributed by atoms with Gasteiger partial charge in [-0.2, -0.15) is 0 Å². The molecule has 0 fully saturated rings. The summed E-state index contributed by atoms with van der Waals surface area (Å²) in [4.78, 5) is 24.3. The molecule has 1 unspecified atom stereocenters. The number of hydrogen-bond donors (Lipinski definition) is 2. The Morgan fingerprint density at radius 2 is 1.81 bits per heavy atom. The number of hydrogen-bond acceptors (Lipinski definition) is 2. The van der Waals surface area contributed by atoms with E-state index in [0.29, 0.717) is 19.4 Å². The van der Waals surface area contributed by atoms with Gasteiger partial charge in [-0.15, -0.1) is 0 Å². The molecule has 5 nitrogen and oxygen atoms in total. The van der Waals surface area contributed by atoms with Gasteiger partial charge in [-0.25, -0.2) is 4.79 Å². The molecular weight excluding hydrogens is 268 g/mol. The predicted molar refractivity (Wildman–Crippen MR) is 83.8 cm³/mol. The molecule has 0 aliphatic heterocycles. The lowest BCUT2D eigenvalue weighted by molar-refractivity contribution is -0.141. The average Bonchev–Trinajstić information content (AvgIpc) is 2.40. The number of nitrogens with zero attached hydrogens (tertiary/aromatic N) is 1. The Labute approximate surface area is 126 Å². The molecule has 1 aromatic carbocycles. The third-order valence-corrected chi connectivity index (χ3v) is 3.41. The summed E-state index contributed by atoms with van der Waals surface area (Å²) >= 11 is 0. The molecule has 21 heavy (non-hydrogen) atoms. The molecule has 0 aliphatic carbocycles. The van der Waals surface area contributed by atoms with Gasteiger partial charge in [0.25, 0.3) is 0 Å². The molecule has 2 amide bonds. The first-order chi connectivity index (χ1) is 9.81. The fourth-order valence-electron chi connectivity index (χ4n) is 2.11. The van der Waals surface area contributed by atoms with E-state index in [0.717, 1.165) is 16.8 Å². The van der Waals surface area contributed by atoms with Crippen molar-refractivity contribution >= 4 is 17.7 Å². The topological polar surface area (TPSA) is 69.6 Å². The van der Waals surface area contributed by atoms with Crippen LogP contribution in [0.2, 0.25) is 0 Å². The van der Waals surface area contributed by atoms with E-state index >= 15 is 0 Å². The number of amides is 2. The molecule has 0 heterocycles. The van der Waals surface area contributed by atoms with Crippen molar-refractivity contribution in [2.24, 2.45) is 5.92 Å². The largest absolute Gasteiger partial charge is 0.481 e. The molecule has 2 N–H and O–H groups in total. The summed E-state index contributed by atoms with van der Waals surface area (Å²) in [6.07, 6.45) is 1.21. The molecule has 1 atom stereocenters. The SMILES string of the molecule is Cc1cc(C)cc(N(C)C(=O)NCCCC(C)C(=O)O)c1. The molecule has 116 valence electrons. The third-order valence-electron chi connectivity index (χ3n) is 3.41. The number of nitrogens with one attached hydrogen (secondary N) is 1. The van der Waals surface area contributed by atoms with Gasteiger partial charge in [0.05, 0.1) is 5.92 Å². The minimum Gasteiger partial charge on any atom is -0.481 e. The number of urea groups is 1. The van der Waals surface area contributed by atoms with Crippen LogP contribution >= 0.6 is 0 Å². The molecule has 0 aliphatic rings. The summed E-state index contributed by atoms with van der Waals surface area (Å²) in [7, 11) is 1.73. The summed E-state index contributed by atoms with van der Waals surface area (Å²) < 4.78 is 0. The highest BCUT2D eigenvalue weighted by atomic mass is 16.4. The molecule has 5 heteroatoms. The highest BCUT2D eigenvalue weighted by Crippen LogP contribution is 2.17. The Kier molecular flexibility index (Phi) is 6.21. The summed E-state index contributed by atoms with van der Waals surface area (Å²) in [6.45, 7) is 6.14. The van der Waals surface area contributed by atoms with Gasteiger partial charge in [-0.3, -0.25) is 9.69 Å². The fourth-order valence-corrected chi connectivity index (χ4v) is 2.11. The predicted octanol–water partition coefficient (Wildman–Crippen LogP) is 2.95. The van der Waals surface area contributed by atoms with E-state index in [1.54, 1.807) is 18.9 Å². The van der Waals surface area contributed by atoms with E-state index in [1.165, 1.54) is 0 Å². The number of carbonyl (C=O) groups is 2. The molecule has 0 saturated heterocycles. The second-order valence-electron chi connectivity index (χ2n) is 5.52. The highest BCUT2D eigenvalue weighted by Gasteiger charge is 2.12. The Hall–Kier alpha value is -2.04. The maximum absolute atomic E-state index is 12.0. The van der Waals surface area contributed by atoms with Gasteiger partial charge >= 0.3 is 12.0 Å². The van der Waals surface area contributed by atoms with Crippen LogP contribution in [0, 0.1) is 19.8 Å². The van der Waals surface area contributed by atoms with Gasteiger partial charge in [-0.1, -0.05) is 13.0 Å². The minimum absolute atomic E-state index is 0.178. The van der Waals surface area contributed by atoms with Crippen molar-refractivity contribution in [1.29, 1.82) is 0 Å². The summed E-state index contributed by atoms with van der Waals surface area (Å²) in [6, 6.07) is 5.80. The monoisotopic (exact) mass is 292 g/mol. The van der Waals surface area contributed by atoms with Crippen molar-refractivity contribution in [1.82, 2.24) is 5.32 Å². The van der Waals surface area contributed by atoms with Crippen LogP contribution in [0.4, 0.5) is 10.5 Å². The first kappa shape index (κ1) is 17.0. The lowest BCUT2D eigenvalue weighted by atomic mass is 10.1. The van der Waals surface area contributed by atoms with E-state index in [9.17, 15) is 9.59 Å². The smallest absolute Gasteiger partial charge is 0.321 e. The van der Waals surface area contributed by atoms with Gasteiger partial charge in [0.2, 0.25) is 0 Å². The lowest BCUT2D eigenvalue weighted by Gasteiger charge is -2.19. The van der Waals surface area contributed by atoms with Crippen molar-refractivity contribution in [2.75, 3.05) is 18.5 Å². The van der Waals surface area contributed by atoms with Crippen LogP contribution in [0.1, 0.15) is 30.9 Å². The van der Waals surface area contributed by atoms with Crippen LogP contribution in [0.5, 0.6) is 0 Å². The van der Waals surface area contributed by atoms with Crippen LogP contribution in [0.3, 0.4) is 0 Å². The van der Waals surface area contributed by atoms with Gasteiger partial charge in [0, 0.05) is 19.3 Å².